The highest BCUT2D eigenvalue weighted by Gasteiger charge is 2.20. The summed E-state index contributed by atoms with van der Waals surface area (Å²) in [6, 6.07) is 2.12. The van der Waals surface area contributed by atoms with Crippen LogP contribution in [0.4, 0.5) is 5.82 Å². The summed E-state index contributed by atoms with van der Waals surface area (Å²) in [5, 5.41) is 13.5. The van der Waals surface area contributed by atoms with Crippen LogP contribution in [0.25, 0.3) is 11.5 Å². The molecule has 0 saturated heterocycles. The van der Waals surface area contributed by atoms with Crippen molar-refractivity contribution in [2.75, 3.05) is 5.73 Å². The molecule has 18 heavy (non-hydrogen) atoms. The van der Waals surface area contributed by atoms with Crippen LogP contribution in [-0.4, -0.2) is 19.7 Å². The SMILES string of the molecule is CC(C)n1nc(-c2ncc(Br)cn2)c(C#N)c1N. The largest absolute Gasteiger partial charge is 0.383 e. The van der Waals surface area contributed by atoms with Crippen LogP contribution in [0, 0.1) is 11.3 Å². The van der Waals surface area contributed by atoms with Gasteiger partial charge in [-0.2, -0.15) is 10.4 Å². The minimum Gasteiger partial charge on any atom is -0.383 e. The van der Waals surface area contributed by atoms with Gasteiger partial charge in [0.2, 0.25) is 0 Å². The van der Waals surface area contributed by atoms with E-state index in [4.69, 9.17) is 11.0 Å². The molecule has 2 rings (SSSR count). The summed E-state index contributed by atoms with van der Waals surface area (Å²) in [6.07, 6.45) is 3.21. The zero-order chi connectivity index (χ0) is 13.3. The fourth-order valence-corrected chi connectivity index (χ4v) is 1.75. The molecule has 0 aliphatic heterocycles. The molecule has 0 fully saturated rings. The molecular weight excluding hydrogens is 296 g/mol. The van der Waals surface area contributed by atoms with Gasteiger partial charge in [0.05, 0.1) is 4.47 Å². The summed E-state index contributed by atoms with van der Waals surface area (Å²) in [5.41, 5.74) is 6.62. The van der Waals surface area contributed by atoms with Crippen molar-refractivity contribution < 1.29 is 0 Å². The highest BCUT2D eigenvalue weighted by molar-refractivity contribution is 9.10. The maximum atomic E-state index is 9.16. The lowest BCUT2D eigenvalue weighted by Gasteiger charge is -2.06. The Morgan fingerprint density at radius 1 is 1.39 bits per heavy atom. The van der Waals surface area contributed by atoms with E-state index in [-0.39, 0.29) is 6.04 Å². The van der Waals surface area contributed by atoms with Crippen molar-refractivity contribution in [1.29, 1.82) is 5.26 Å². The summed E-state index contributed by atoms with van der Waals surface area (Å²) >= 11 is 3.26. The molecule has 2 heterocycles. The van der Waals surface area contributed by atoms with Crippen LogP contribution < -0.4 is 5.73 Å². The third-order valence-corrected chi connectivity index (χ3v) is 2.79. The van der Waals surface area contributed by atoms with Gasteiger partial charge < -0.3 is 5.73 Å². The Morgan fingerprint density at radius 3 is 2.50 bits per heavy atom. The molecule has 0 aliphatic carbocycles. The summed E-state index contributed by atoms with van der Waals surface area (Å²) in [5.74, 6) is 0.731. The second kappa shape index (κ2) is 4.74. The molecule has 0 unspecified atom stereocenters. The van der Waals surface area contributed by atoms with E-state index in [9.17, 15) is 0 Å². The number of halogens is 1. The Morgan fingerprint density at radius 2 is 2.00 bits per heavy atom. The Hall–Kier alpha value is -1.94. The zero-order valence-corrected chi connectivity index (χ0v) is 11.5. The van der Waals surface area contributed by atoms with Gasteiger partial charge in [-0.05, 0) is 29.8 Å². The second-order valence-corrected chi connectivity index (χ2v) is 4.90. The van der Waals surface area contributed by atoms with Gasteiger partial charge in [0.1, 0.15) is 23.1 Å². The number of aromatic nitrogens is 4. The predicted octanol–water partition coefficient (Wildman–Crippen LogP) is 2.14. The molecule has 0 bridgehead atoms. The highest BCUT2D eigenvalue weighted by Crippen LogP contribution is 2.26. The van der Waals surface area contributed by atoms with E-state index >= 15 is 0 Å². The smallest absolute Gasteiger partial charge is 0.181 e. The summed E-state index contributed by atoms with van der Waals surface area (Å²) in [4.78, 5) is 8.26. The molecule has 0 radical (unpaired) electrons. The number of rotatable bonds is 2. The number of anilines is 1. The van der Waals surface area contributed by atoms with Crippen molar-refractivity contribution in [3.63, 3.8) is 0 Å². The van der Waals surface area contributed by atoms with Gasteiger partial charge in [-0.25, -0.2) is 14.6 Å². The van der Waals surface area contributed by atoms with E-state index in [1.54, 1.807) is 17.1 Å². The number of nitrogen functional groups attached to an aromatic ring is 1. The van der Waals surface area contributed by atoms with Crippen molar-refractivity contribution in [3.05, 3.63) is 22.4 Å². The highest BCUT2D eigenvalue weighted by atomic mass is 79.9. The molecule has 0 spiro atoms. The maximum Gasteiger partial charge on any atom is 0.181 e. The lowest BCUT2D eigenvalue weighted by Crippen LogP contribution is -2.07. The molecule has 2 aromatic rings. The Bertz CT molecular complexity index is 608. The fourth-order valence-electron chi connectivity index (χ4n) is 1.54. The van der Waals surface area contributed by atoms with Crippen LogP contribution in [0.15, 0.2) is 16.9 Å². The first-order valence-electron chi connectivity index (χ1n) is 5.30. The van der Waals surface area contributed by atoms with Gasteiger partial charge in [-0.1, -0.05) is 0 Å². The molecule has 2 aromatic heterocycles. The second-order valence-electron chi connectivity index (χ2n) is 3.98. The molecule has 0 aliphatic rings. The topological polar surface area (TPSA) is 93.4 Å². The number of nitriles is 1. The maximum absolute atomic E-state index is 9.16. The minimum atomic E-state index is 0.0706. The van der Waals surface area contributed by atoms with Gasteiger partial charge in [-0.3, -0.25) is 0 Å². The van der Waals surface area contributed by atoms with Crippen LogP contribution in [0.3, 0.4) is 0 Å². The third kappa shape index (κ3) is 2.07. The normalized spacial score (nSPS) is 10.6. The average molecular weight is 307 g/mol. The number of nitrogens with zero attached hydrogens (tertiary/aromatic N) is 5. The van der Waals surface area contributed by atoms with E-state index in [1.165, 1.54) is 0 Å². The number of nitrogens with two attached hydrogens (primary N) is 1. The molecule has 0 amide bonds. The molecule has 92 valence electrons. The average Bonchev–Trinajstić information content (AvgIpc) is 2.67. The molecule has 0 aromatic carbocycles. The number of hydrogen-bond donors (Lipinski definition) is 1. The first-order chi connectivity index (χ1) is 8.54. The van der Waals surface area contributed by atoms with Crippen LogP contribution in [0.2, 0.25) is 0 Å². The molecule has 6 nitrogen and oxygen atoms in total. The van der Waals surface area contributed by atoms with E-state index in [2.05, 4.69) is 37.1 Å². The van der Waals surface area contributed by atoms with E-state index in [0.717, 1.165) is 4.47 Å². The molecule has 7 heteroatoms. The molecular formula is C11H11BrN6. The van der Waals surface area contributed by atoms with E-state index in [0.29, 0.717) is 22.9 Å². The van der Waals surface area contributed by atoms with Crippen LogP contribution >= 0.6 is 15.9 Å². The van der Waals surface area contributed by atoms with E-state index in [1.807, 2.05) is 13.8 Å². The summed E-state index contributed by atoms with van der Waals surface area (Å²) in [7, 11) is 0. The number of hydrogen-bond acceptors (Lipinski definition) is 5. The molecule has 0 saturated carbocycles. The van der Waals surface area contributed by atoms with Crippen molar-refractivity contribution in [2.45, 2.75) is 19.9 Å². The van der Waals surface area contributed by atoms with Crippen molar-refractivity contribution in [3.8, 4) is 17.6 Å². The van der Waals surface area contributed by atoms with Gasteiger partial charge >= 0.3 is 0 Å². The quantitative estimate of drug-likeness (QED) is 0.917. The van der Waals surface area contributed by atoms with Crippen LogP contribution in [0.1, 0.15) is 25.5 Å². The van der Waals surface area contributed by atoms with Crippen LogP contribution in [0.5, 0.6) is 0 Å². The first kappa shape index (κ1) is 12.5. The summed E-state index contributed by atoms with van der Waals surface area (Å²) < 4.78 is 2.36. The Kier molecular flexibility index (Phi) is 3.30. The molecule has 0 atom stereocenters. The predicted molar refractivity (Wildman–Crippen MR) is 70.5 cm³/mol. The lowest BCUT2D eigenvalue weighted by atomic mass is 10.2. The fraction of sp³-hybridized carbons (Fsp3) is 0.273. The van der Waals surface area contributed by atoms with Crippen molar-refractivity contribution >= 4 is 21.7 Å². The minimum absolute atomic E-state index is 0.0706. The standard InChI is InChI=1S/C11H11BrN6/c1-6(2)18-10(14)8(3-13)9(17-18)11-15-4-7(12)5-16-11/h4-6H,14H2,1-2H3. The Labute approximate surface area is 113 Å². The summed E-state index contributed by atoms with van der Waals surface area (Å²) in [6.45, 7) is 3.88. The van der Waals surface area contributed by atoms with Crippen LogP contribution in [-0.2, 0) is 0 Å². The first-order valence-corrected chi connectivity index (χ1v) is 6.10. The van der Waals surface area contributed by atoms with Gasteiger partial charge in [0.15, 0.2) is 5.82 Å². The zero-order valence-electron chi connectivity index (χ0n) is 9.92. The Balaban J connectivity index is 2.61. The monoisotopic (exact) mass is 306 g/mol. The van der Waals surface area contributed by atoms with Gasteiger partial charge in [0, 0.05) is 18.4 Å². The third-order valence-electron chi connectivity index (χ3n) is 2.38. The van der Waals surface area contributed by atoms with Crippen molar-refractivity contribution in [2.24, 2.45) is 0 Å². The molecule has 2 N–H and O–H groups in total. The van der Waals surface area contributed by atoms with Gasteiger partial charge in [-0.15, -0.1) is 0 Å². The van der Waals surface area contributed by atoms with Gasteiger partial charge in [0.25, 0.3) is 0 Å². The van der Waals surface area contributed by atoms with Crippen molar-refractivity contribution in [1.82, 2.24) is 19.7 Å². The van der Waals surface area contributed by atoms with E-state index < -0.39 is 0 Å². The lowest BCUT2D eigenvalue weighted by molar-refractivity contribution is 0.541.